The van der Waals surface area contributed by atoms with E-state index in [-0.39, 0.29) is 0 Å². The molecule has 1 heterocycles. The zero-order chi connectivity index (χ0) is 39.0. The van der Waals surface area contributed by atoms with E-state index in [0.29, 0.717) is 5.92 Å². The van der Waals surface area contributed by atoms with Crippen molar-refractivity contribution in [1.29, 1.82) is 0 Å². The van der Waals surface area contributed by atoms with Gasteiger partial charge in [-0.2, -0.15) is 0 Å². The van der Waals surface area contributed by atoms with E-state index in [9.17, 15) is 0 Å². The Bertz CT molecular complexity index is 3180. The van der Waals surface area contributed by atoms with Gasteiger partial charge in [-0.05, 0) is 136 Å². The lowest BCUT2D eigenvalue weighted by atomic mass is 9.87. The van der Waals surface area contributed by atoms with Crippen LogP contribution in [0.5, 0.6) is 0 Å². The molecular formula is C57H44N2. The van der Waals surface area contributed by atoms with Crippen LogP contribution < -0.4 is 4.90 Å². The number of fused-ring (bicyclic) bond motifs is 8. The minimum atomic E-state index is 0.447. The van der Waals surface area contributed by atoms with Gasteiger partial charge >= 0.3 is 0 Å². The van der Waals surface area contributed by atoms with Gasteiger partial charge < -0.3 is 9.47 Å². The van der Waals surface area contributed by atoms with E-state index in [1.54, 1.807) is 0 Å². The first-order valence-corrected chi connectivity index (χ1v) is 21.4. The number of para-hydroxylation sites is 1. The number of hydrogen-bond donors (Lipinski definition) is 0. The summed E-state index contributed by atoms with van der Waals surface area (Å²) in [6.07, 6.45) is 19.7. The maximum absolute atomic E-state index is 2.55. The first-order chi connectivity index (χ1) is 29.2. The minimum absolute atomic E-state index is 0.447. The third-order valence-electron chi connectivity index (χ3n) is 13.1. The molecule has 0 saturated carbocycles. The molecular weight excluding hydrogens is 713 g/mol. The van der Waals surface area contributed by atoms with E-state index < -0.39 is 0 Å². The number of benzene rings is 7. The van der Waals surface area contributed by atoms with Crippen LogP contribution in [0, 0.1) is 5.92 Å². The van der Waals surface area contributed by atoms with Crippen molar-refractivity contribution in [3.63, 3.8) is 0 Å². The lowest BCUT2D eigenvalue weighted by molar-refractivity contribution is 0.737. The lowest BCUT2D eigenvalue weighted by Gasteiger charge is -2.32. The van der Waals surface area contributed by atoms with Crippen molar-refractivity contribution in [2.24, 2.45) is 5.92 Å². The third kappa shape index (κ3) is 5.40. The molecule has 1 atom stereocenters. The van der Waals surface area contributed by atoms with Gasteiger partial charge in [0.25, 0.3) is 0 Å². The molecule has 2 nitrogen and oxygen atoms in total. The zero-order valence-electron chi connectivity index (χ0n) is 33.3. The molecule has 0 aliphatic heterocycles. The highest BCUT2D eigenvalue weighted by Gasteiger charge is 2.30. The average molecular weight is 757 g/mol. The predicted molar refractivity (Wildman–Crippen MR) is 252 cm³/mol. The molecule has 7 aromatic carbocycles. The quantitative estimate of drug-likeness (QED) is 0.164. The summed E-state index contributed by atoms with van der Waals surface area (Å²) < 4.78 is 2.52. The van der Waals surface area contributed by atoms with Gasteiger partial charge in [-0.15, -0.1) is 0 Å². The second-order valence-electron chi connectivity index (χ2n) is 16.7. The molecule has 8 aromatic rings. The highest BCUT2D eigenvalue weighted by atomic mass is 15.2. The molecule has 282 valence electrons. The number of nitrogens with zero attached hydrogens (tertiary/aromatic N) is 2. The molecule has 12 rings (SSSR count). The van der Waals surface area contributed by atoms with Crippen molar-refractivity contribution in [3.8, 4) is 22.3 Å². The van der Waals surface area contributed by atoms with E-state index in [1.165, 1.54) is 111 Å². The van der Waals surface area contributed by atoms with Crippen molar-refractivity contribution >= 4 is 66.9 Å². The van der Waals surface area contributed by atoms with Gasteiger partial charge in [0.1, 0.15) is 0 Å². The van der Waals surface area contributed by atoms with Crippen molar-refractivity contribution in [1.82, 2.24) is 4.57 Å². The van der Waals surface area contributed by atoms with Crippen LogP contribution in [0.3, 0.4) is 0 Å². The fourth-order valence-corrected chi connectivity index (χ4v) is 10.5. The Labute approximate surface area is 346 Å². The number of hydrogen-bond acceptors (Lipinski definition) is 1. The summed E-state index contributed by atoms with van der Waals surface area (Å²) in [6.45, 7) is 2.33. The van der Waals surface area contributed by atoms with Gasteiger partial charge in [0, 0.05) is 44.7 Å². The molecule has 4 aliphatic rings. The van der Waals surface area contributed by atoms with Crippen LogP contribution in [0.15, 0.2) is 182 Å². The largest absolute Gasteiger partial charge is 0.310 e. The van der Waals surface area contributed by atoms with E-state index in [1.807, 2.05) is 0 Å². The van der Waals surface area contributed by atoms with Crippen LogP contribution in [0.1, 0.15) is 54.9 Å². The standard InChI is InChI=1S/C57H44N2/c1-37-27-30-45(39-17-6-3-7-18-39)55(33-37)59-53-26-13-11-23-48(53)50-35-43(29-32-54(50)59)58(52-25-12-10-21-44(52)38-15-4-2-5-16-38)42-28-31-47-49-24-14-20-41-34-40-19-8-9-22-46(40)57(56(41)49)51(47)36-42/h2-8,11,13-21,23-26,28-37H,9-10,12,22,27H2,1H3. The monoisotopic (exact) mass is 756 g/mol. The highest BCUT2D eigenvalue weighted by Crippen LogP contribution is 2.53. The molecule has 0 radical (unpaired) electrons. The molecule has 0 bridgehead atoms. The molecule has 59 heavy (non-hydrogen) atoms. The maximum atomic E-state index is 2.55. The second kappa shape index (κ2) is 13.6. The van der Waals surface area contributed by atoms with Crippen LogP contribution >= 0.6 is 0 Å². The fraction of sp³-hybridized carbons (Fsp3) is 0.123. The Morgan fingerprint density at radius 3 is 2.19 bits per heavy atom. The van der Waals surface area contributed by atoms with Crippen LogP contribution in [-0.2, 0) is 6.42 Å². The normalized spacial score (nSPS) is 16.7. The van der Waals surface area contributed by atoms with Crippen molar-refractivity contribution in [3.05, 3.63) is 204 Å². The summed E-state index contributed by atoms with van der Waals surface area (Å²) in [5.74, 6) is 0.447. The summed E-state index contributed by atoms with van der Waals surface area (Å²) in [4.78, 5) is 2.55. The Morgan fingerprint density at radius 1 is 0.576 bits per heavy atom. The minimum Gasteiger partial charge on any atom is -0.310 e. The topological polar surface area (TPSA) is 8.17 Å². The van der Waals surface area contributed by atoms with E-state index >= 15 is 0 Å². The second-order valence-corrected chi connectivity index (χ2v) is 16.7. The molecule has 4 aliphatic carbocycles. The van der Waals surface area contributed by atoms with Gasteiger partial charge in [0.2, 0.25) is 0 Å². The average Bonchev–Trinajstić information content (AvgIpc) is 3.81. The predicted octanol–water partition coefficient (Wildman–Crippen LogP) is 15.4. The third-order valence-corrected chi connectivity index (χ3v) is 13.1. The SMILES string of the molecule is CC1C=C(n2c3ccccc3c3cc(N(C4=CCCC=C4c4ccccc4)c4ccc5c(c4)-c4c6c(cc7cccc-5c47)C=CCC6)ccc32)C(c2ccccc2)=CC1. The summed E-state index contributed by atoms with van der Waals surface area (Å²) in [6, 6.07) is 54.6. The summed E-state index contributed by atoms with van der Waals surface area (Å²) >= 11 is 0. The van der Waals surface area contributed by atoms with Gasteiger partial charge in [0.05, 0.1) is 11.0 Å². The first-order valence-electron chi connectivity index (χ1n) is 21.4. The summed E-state index contributed by atoms with van der Waals surface area (Å²) in [5, 5.41) is 5.27. The van der Waals surface area contributed by atoms with Gasteiger partial charge in [-0.25, -0.2) is 0 Å². The number of allylic oxidation sites excluding steroid dienone is 8. The molecule has 1 unspecified atom stereocenters. The fourth-order valence-electron chi connectivity index (χ4n) is 10.5. The number of anilines is 2. The van der Waals surface area contributed by atoms with Gasteiger partial charge in [-0.1, -0.05) is 147 Å². The highest BCUT2D eigenvalue weighted by molar-refractivity contribution is 6.18. The molecule has 0 N–H and O–H groups in total. The first kappa shape index (κ1) is 34.2. The Morgan fingerprint density at radius 2 is 1.32 bits per heavy atom. The molecule has 0 amide bonds. The summed E-state index contributed by atoms with van der Waals surface area (Å²) in [5.41, 5.74) is 20.7. The molecule has 1 aromatic heterocycles. The summed E-state index contributed by atoms with van der Waals surface area (Å²) in [7, 11) is 0. The van der Waals surface area contributed by atoms with Crippen LogP contribution in [0.4, 0.5) is 11.4 Å². The Balaban J connectivity index is 1.08. The smallest absolute Gasteiger partial charge is 0.0542 e. The maximum Gasteiger partial charge on any atom is 0.0542 e. The van der Waals surface area contributed by atoms with E-state index in [4.69, 9.17) is 0 Å². The Hall–Kier alpha value is -6.90. The van der Waals surface area contributed by atoms with Gasteiger partial charge in [0.15, 0.2) is 0 Å². The number of aromatic nitrogens is 1. The van der Waals surface area contributed by atoms with Crippen molar-refractivity contribution in [2.45, 2.75) is 39.0 Å². The molecule has 0 spiro atoms. The zero-order valence-corrected chi connectivity index (χ0v) is 33.3. The Kier molecular flexibility index (Phi) is 7.88. The van der Waals surface area contributed by atoms with E-state index in [2.05, 4.69) is 198 Å². The van der Waals surface area contributed by atoms with Crippen molar-refractivity contribution in [2.75, 3.05) is 4.90 Å². The lowest BCUT2D eigenvalue weighted by Crippen LogP contribution is -2.19. The van der Waals surface area contributed by atoms with Crippen LogP contribution in [0.25, 0.3) is 77.8 Å². The van der Waals surface area contributed by atoms with Crippen molar-refractivity contribution < 1.29 is 0 Å². The molecule has 0 fully saturated rings. The van der Waals surface area contributed by atoms with Crippen LogP contribution in [-0.4, -0.2) is 4.57 Å². The van der Waals surface area contributed by atoms with E-state index in [0.717, 1.165) is 32.1 Å². The van der Waals surface area contributed by atoms with Crippen LogP contribution in [0.2, 0.25) is 0 Å². The number of rotatable bonds is 6. The molecule has 2 heteroatoms. The van der Waals surface area contributed by atoms with Gasteiger partial charge in [-0.3, -0.25) is 0 Å². The molecule has 0 saturated heterocycles.